The van der Waals surface area contributed by atoms with Crippen LogP contribution in [0.25, 0.3) is 0 Å². The molecule has 0 aromatic heterocycles. The minimum absolute atomic E-state index is 0.627. The smallest absolute Gasteiger partial charge is 0.402 e. The molecule has 0 rings (SSSR count). The third kappa shape index (κ3) is 24.0. The Morgan fingerprint density at radius 3 is 1.70 bits per heavy atom. The number of primary amides is 1. The topological polar surface area (TPSA) is 63.3 Å². The lowest BCUT2D eigenvalue weighted by molar-refractivity contribution is 0.205. The highest BCUT2D eigenvalue weighted by molar-refractivity contribution is 9.14. The second kappa shape index (κ2) is 7.37. The zero-order valence-corrected chi connectivity index (χ0v) is 8.99. The van der Waals surface area contributed by atoms with E-state index in [9.17, 15) is 0 Å². The molecule has 10 heavy (non-hydrogen) atoms. The van der Waals surface area contributed by atoms with Gasteiger partial charge in [0.25, 0.3) is 0 Å². The Bertz CT molecular complexity index is 126. The molecule has 0 fully saturated rings. The number of allylic oxidation sites excluding steroid dienone is 1. The predicted octanol–water partition coefficient (Wildman–Crippen LogP) is 2.83. The third-order valence-corrected chi connectivity index (χ3v) is 2.30. The first kappa shape index (κ1) is 12.9. The van der Waals surface area contributed by atoms with Crippen molar-refractivity contribution in [2.75, 3.05) is 0 Å². The fourth-order valence-electron chi connectivity index (χ4n) is 0. The van der Waals surface area contributed by atoms with Crippen LogP contribution < -0.4 is 5.73 Å². The maximum atomic E-state index is 8.78. The van der Waals surface area contributed by atoms with E-state index in [2.05, 4.69) is 37.6 Å². The molecule has 1 amide bonds. The number of nitrogens with two attached hydrogens (primary N) is 1. The van der Waals surface area contributed by atoms with Gasteiger partial charge >= 0.3 is 6.09 Å². The summed E-state index contributed by atoms with van der Waals surface area (Å²) in [4.78, 5) is 8.78. The van der Waals surface area contributed by atoms with Gasteiger partial charge in [0.15, 0.2) is 0 Å². The average Bonchev–Trinajstić information content (AvgIpc) is 1.63. The minimum atomic E-state index is -1.33. The summed E-state index contributed by atoms with van der Waals surface area (Å²) < 4.78 is 1.55. The number of carbonyl (C=O) groups is 1. The maximum absolute atomic E-state index is 8.78. The van der Waals surface area contributed by atoms with Gasteiger partial charge in [-0.25, -0.2) is 4.79 Å². The van der Waals surface area contributed by atoms with Crippen molar-refractivity contribution in [3.05, 3.63) is 8.42 Å². The molecule has 3 N–H and O–H groups in total. The molecule has 0 aromatic carbocycles. The highest BCUT2D eigenvalue weighted by atomic mass is 79.9. The van der Waals surface area contributed by atoms with Crippen LogP contribution in [0.1, 0.15) is 6.92 Å². The van der Waals surface area contributed by atoms with Gasteiger partial charge in [0.05, 0.1) is 3.94 Å². The Hall–Kier alpha value is 0.260. The lowest BCUT2D eigenvalue weighted by atomic mass is 10.8. The van der Waals surface area contributed by atoms with Gasteiger partial charge in [-0.05, 0) is 22.9 Å². The first-order valence-electron chi connectivity index (χ1n) is 2.03. The van der Waals surface area contributed by atoms with Gasteiger partial charge in [-0.1, -0.05) is 27.5 Å². The van der Waals surface area contributed by atoms with Crippen molar-refractivity contribution >= 4 is 49.6 Å². The number of halogens is 3. The van der Waals surface area contributed by atoms with E-state index < -0.39 is 6.09 Å². The molecule has 0 saturated heterocycles. The van der Waals surface area contributed by atoms with E-state index in [4.69, 9.17) is 21.5 Å². The Morgan fingerprint density at radius 1 is 1.60 bits per heavy atom. The van der Waals surface area contributed by atoms with Crippen LogP contribution in [0.15, 0.2) is 8.42 Å². The Kier molecular flexibility index (Phi) is 9.50. The second-order valence-electron chi connectivity index (χ2n) is 1.13. The van der Waals surface area contributed by atoms with Crippen LogP contribution in [0.5, 0.6) is 0 Å². The van der Waals surface area contributed by atoms with Crippen molar-refractivity contribution < 1.29 is 9.90 Å². The molecule has 0 aliphatic rings. The van der Waals surface area contributed by atoms with Crippen LogP contribution >= 0.6 is 43.5 Å². The number of carboxylic acid groups (broad SMARTS) is 1. The summed E-state index contributed by atoms with van der Waals surface area (Å²) in [6.45, 7) is 1.86. The molecule has 0 aliphatic carbocycles. The van der Waals surface area contributed by atoms with Gasteiger partial charge in [0.2, 0.25) is 0 Å². The number of amides is 1. The lowest BCUT2D eigenvalue weighted by Gasteiger charge is -1.80. The fraction of sp³-hybridized carbons (Fsp3) is 0.250. The van der Waals surface area contributed by atoms with Crippen LogP contribution in [-0.4, -0.2) is 11.2 Å². The van der Waals surface area contributed by atoms with E-state index in [1.165, 1.54) is 0 Å². The summed E-state index contributed by atoms with van der Waals surface area (Å²) in [5.41, 5.74) is 4.03. The molecule has 0 heterocycles. The predicted molar refractivity (Wildman–Crippen MR) is 48.6 cm³/mol. The molecule has 0 unspecified atom stereocenters. The summed E-state index contributed by atoms with van der Waals surface area (Å²) in [6.07, 6.45) is -1.33. The van der Waals surface area contributed by atoms with Gasteiger partial charge < -0.3 is 10.8 Å². The first-order chi connectivity index (χ1) is 4.37. The Labute approximate surface area is 80.5 Å². The van der Waals surface area contributed by atoms with Crippen LogP contribution in [0.4, 0.5) is 4.79 Å². The molecular formula is C4H6Br2ClNO2. The summed E-state index contributed by atoms with van der Waals surface area (Å²) in [6, 6.07) is 0. The molecule has 6 heteroatoms. The lowest BCUT2D eigenvalue weighted by Crippen LogP contribution is -2.03. The maximum Gasteiger partial charge on any atom is 0.402 e. The molecule has 3 nitrogen and oxygen atoms in total. The van der Waals surface area contributed by atoms with Crippen molar-refractivity contribution in [3.63, 3.8) is 0 Å². The van der Waals surface area contributed by atoms with Crippen molar-refractivity contribution in [3.8, 4) is 0 Å². The number of hydrogen-bond acceptors (Lipinski definition) is 1. The average molecular weight is 295 g/mol. The highest BCUT2D eigenvalue weighted by Crippen LogP contribution is 2.19. The molecule has 0 atom stereocenters. The Morgan fingerprint density at radius 2 is 1.70 bits per heavy atom. The molecule has 0 saturated carbocycles. The van der Waals surface area contributed by atoms with Crippen molar-refractivity contribution in [1.29, 1.82) is 0 Å². The van der Waals surface area contributed by atoms with E-state index >= 15 is 0 Å². The monoisotopic (exact) mass is 293 g/mol. The van der Waals surface area contributed by atoms with E-state index in [0.29, 0.717) is 3.94 Å². The number of hydrogen-bond donors (Lipinski definition) is 2. The van der Waals surface area contributed by atoms with Gasteiger partial charge in [0.1, 0.15) is 0 Å². The van der Waals surface area contributed by atoms with E-state index in [1.54, 1.807) is 0 Å². The van der Waals surface area contributed by atoms with Crippen LogP contribution in [0.3, 0.4) is 0 Å². The minimum Gasteiger partial charge on any atom is -0.465 e. The van der Waals surface area contributed by atoms with Crippen molar-refractivity contribution in [2.24, 2.45) is 5.73 Å². The van der Waals surface area contributed by atoms with Crippen LogP contribution in [0.2, 0.25) is 0 Å². The summed E-state index contributed by atoms with van der Waals surface area (Å²) >= 11 is 11.5. The first-order valence-corrected chi connectivity index (χ1v) is 4.00. The van der Waals surface area contributed by atoms with E-state index in [-0.39, 0.29) is 0 Å². The molecule has 0 aromatic rings. The Balaban J connectivity index is 0. The standard InChI is InChI=1S/C3H3Br2Cl.CH3NO2/c1-2(4)3(5)6;2-1(3)4/h1H3;2H2,(H,3,4). The molecule has 0 radical (unpaired) electrons. The third-order valence-electron chi connectivity index (χ3n) is 0.260. The van der Waals surface area contributed by atoms with Crippen LogP contribution in [-0.2, 0) is 0 Å². The van der Waals surface area contributed by atoms with Crippen LogP contribution in [0, 0.1) is 0 Å². The van der Waals surface area contributed by atoms with Gasteiger partial charge in [-0.3, -0.25) is 0 Å². The van der Waals surface area contributed by atoms with Crippen molar-refractivity contribution in [1.82, 2.24) is 0 Å². The molecule has 0 spiro atoms. The van der Waals surface area contributed by atoms with Gasteiger partial charge in [-0.15, -0.1) is 0 Å². The van der Waals surface area contributed by atoms with E-state index in [1.807, 2.05) is 6.92 Å². The van der Waals surface area contributed by atoms with Gasteiger partial charge in [0, 0.05) is 4.48 Å². The quantitative estimate of drug-likeness (QED) is 0.722. The summed E-state index contributed by atoms with van der Waals surface area (Å²) in [5, 5.41) is 7.19. The SMILES string of the molecule is CC(Br)=C(Cl)Br.NC(=O)O. The second-order valence-corrected chi connectivity index (χ2v) is 3.95. The summed E-state index contributed by atoms with van der Waals surface area (Å²) in [7, 11) is 0. The number of rotatable bonds is 0. The summed E-state index contributed by atoms with van der Waals surface area (Å²) in [5.74, 6) is 0. The zero-order chi connectivity index (χ0) is 8.73. The van der Waals surface area contributed by atoms with E-state index in [0.717, 1.165) is 4.48 Å². The fourth-order valence-corrected chi connectivity index (χ4v) is 0. The normalized spacial score (nSPS) is 10.8. The molecule has 0 aliphatic heterocycles. The molecule has 0 bridgehead atoms. The van der Waals surface area contributed by atoms with Crippen molar-refractivity contribution in [2.45, 2.75) is 6.92 Å². The largest absolute Gasteiger partial charge is 0.465 e. The highest BCUT2D eigenvalue weighted by Gasteiger charge is 1.83. The molecule has 60 valence electrons. The van der Waals surface area contributed by atoms with Gasteiger partial charge in [-0.2, -0.15) is 0 Å². The molecular weight excluding hydrogens is 289 g/mol. The zero-order valence-electron chi connectivity index (χ0n) is 5.07.